The summed E-state index contributed by atoms with van der Waals surface area (Å²) in [5, 5.41) is 6.44. The zero-order valence-corrected chi connectivity index (χ0v) is 7.10. The first-order valence-electron chi connectivity index (χ1n) is 4.14. The van der Waals surface area contributed by atoms with Crippen molar-refractivity contribution in [1.29, 1.82) is 0 Å². The van der Waals surface area contributed by atoms with Gasteiger partial charge in [-0.1, -0.05) is 6.08 Å². The molecule has 0 heterocycles. The molecule has 0 atom stereocenters. The third-order valence-corrected chi connectivity index (χ3v) is 1.32. The molecule has 0 aromatic carbocycles. The molecule has 0 amide bonds. The first kappa shape index (κ1) is 10.6. The highest BCUT2D eigenvalue weighted by atomic mass is 14.9. The zero-order chi connectivity index (χ0) is 8.36. The molecule has 66 valence electrons. The van der Waals surface area contributed by atoms with E-state index in [4.69, 9.17) is 5.73 Å². The quantitative estimate of drug-likeness (QED) is 0.335. The lowest BCUT2D eigenvalue weighted by Gasteiger charge is -2.02. The minimum atomic E-state index is 0.722. The summed E-state index contributed by atoms with van der Waals surface area (Å²) in [5.74, 6) is 0. The largest absolute Gasteiger partial charge is 0.329 e. The van der Waals surface area contributed by atoms with Crippen LogP contribution in [0.5, 0.6) is 0 Å². The fraction of sp³-hybridized carbons (Fsp3) is 0.750. The summed E-state index contributed by atoms with van der Waals surface area (Å²) >= 11 is 0. The lowest BCUT2D eigenvalue weighted by molar-refractivity contribution is 0.618. The summed E-state index contributed by atoms with van der Waals surface area (Å²) in [7, 11) is 0. The first-order valence-corrected chi connectivity index (χ1v) is 4.14. The van der Waals surface area contributed by atoms with Gasteiger partial charge in [0, 0.05) is 19.6 Å². The molecule has 0 bridgehead atoms. The summed E-state index contributed by atoms with van der Waals surface area (Å²) in [4.78, 5) is 0. The molecule has 11 heavy (non-hydrogen) atoms. The van der Waals surface area contributed by atoms with E-state index >= 15 is 0 Å². The minimum absolute atomic E-state index is 0.722. The maximum Gasteiger partial charge on any atom is 0.0132 e. The molecule has 0 radical (unpaired) electrons. The summed E-state index contributed by atoms with van der Waals surface area (Å²) in [6, 6.07) is 0. The van der Waals surface area contributed by atoms with Crippen molar-refractivity contribution < 1.29 is 0 Å². The molecule has 0 saturated heterocycles. The van der Waals surface area contributed by atoms with Crippen LogP contribution in [0.3, 0.4) is 0 Å². The molecule has 0 rings (SSSR count). The minimum Gasteiger partial charge on any atom is -0.329 e. The van der Waals surface area contributed by atoms with Gasteiger partial charge in [-0.05, 0) is 19.5 Å². The summed E-state index contributed by atoms with van der Waals surface area (Å²) in [5.41, 5.74) is 5.30. The van der Waals surface area contributed by atoms with Crippen molar-refractivity contribution in [1.82, 2.24) is 10.6 Å². The van der Waals surface area contributed by atoms with Crippen LogP contribution in [0, 0.1) is 0 Å². The van der Waals surface area contributed by atoms with Crippen LogP contribution in [0.15, 0.2) is 12.7 Å². The highest BCUT2D eigenvalue weighted by Crippen LogP contribution is 1.72. The maximum absolute atomic E-state index is 5.30. The van der Waals surface area contributed by atoms with Crippen LogP contribution in [0.4, 0.5) is 0 Å². The molecular formula is C8H19N3. The van der Waals surface area contributed by atoms with Gasteiger partial charge in [0.05, 0.1) is 0 Å². The summed E-state index contributed by atoms with van der Waals surface area (Å²) in [6.07, 6.45) is 3.02. The molecule has 4 N–H and O–H groups in total. The fourth-order valence-corrected chi connectivity index (χ4v) is 0.770. The van der Waals surface area contributed by atoms with Crippen LogP contribution in [0.1, 0.15) is 6.42 Å². The molecule has 0 aromatic rings. The average molecular weight is 157 g/mol. The van der Waals surface area contributed by atoms with Gasteiger partial charge in [-0.15, -0.1) is 6.58 Å². The molecule has 0 unspecified atom stereocenters. The molecule has 0 aliphatic heterocycles. The number of nitrogens with two attached hydrogens (primary N) is 1. The Balaban J connectivity index is 2.74. The van der Waals surface area contributed by atoms with E-state index in [0.29, 0.717) is 0 Å². The van der Waals surface area contributed by atoms with Gasteiger partial charge in [0.2, 0.25) is 0 Å². The van der Waals surface area contributed by atoms with Crippen molar-refractivity contribution in [3.63, 3.8) is 0 Å². The van der Waals surface area contributed by atoms with Crippen molar-refractivity contribution in [3.8, 4) is 0 Å². The molecule has 0 fully saturated rings. The molecule has 3 heteroatoms. The maximum atomic E-state index is 5.30. The topological polar surface area (TPSA) is 50.1 Å². The van der Waals surface area contributed by atoms with Gasteiger partial charge in [-0.3, -0.25) is 0 Å². The molecule has 0 aromatic heterocycles. The smallest absolute Gasteiger partial charge is 0.0132 e. The first-order chi connectivity index (χ1) is 5.41. The molecule has 0 spiro atoms. The van der Waals surface area contributed by atoms with Crippen LogP contribution in [-0.4, -0.2) is 32.7 Å². The van der Waals surface area contributed by atoms with Crippen molar-refractivity contribution in [3.05, 3.63) is 12.7 Å². The van der Waals surface area contributed by atoms with E-state index in [-0.39, 0.29) is 0 Å². The fourth-order valence-electron chi connectivity index (χ4n) is 0.770. The molecule has 0 saturated carbocycles. The molecular weight excluding hydrogens is 138 g/mol. The Bertz CT molecular complexity index is 83.4. The van der Waals surface area contributed by atoms with Gasteiger partial charge in [-0.2, -0.15) is 0 Å². The second kappa shape index (κ2) is 9.62. The normalized spacial score (nSPS) is 9.91. The Kier molecular flexibility index (Phi) is 9.29. The average Bonchev–Trinajstić information content (AvgIpc) is 2.03. The van der Waals surface area contributed by atoms with Crippen molar-refractivity contribution in [2.24, 2.45) is 5.73 Å². The Labute approximate surface area is 69.0 Å². The number of nitrogens with one attached hydrogen (secondary N) is 2. The lowest BCUT2D eigenvalue weighted by atomic mass is 10.4. The third-order valence-electron chi connectivity index (χ3n) is 1.32. The second-order valence-corrected chi connectivity index (χ2v) is 2.39. The molecule has 3 nitrogen and oxygen atoms in total. The highest BCUT2D eigenvalue weighted by molar-refractivity contribution is 4.69. The van der Waals surface area contributed by atoms with E-state index in [1.54, 1.807) is 0 Å². The highest BCUT2D eigenvalue weighted by Gasteiger charge is 1.85. The predicted molar refractivity (Wildman–Crippen MR) is 49.6 cm³/mol. The van der Waals surface area contributed by atoms with E-state index in [1.165, 1.54) is 0 Å². The van der Waals surface area contributed by atoms with Crippen molar-refractivity contribution >= 4 is 0 Å². The van der Waals surface area contributed by atoms with Crippen LogP contribution >= 0.6 is 0 Å². The summed E-state index contributed by atoms with van der Waals surface area (Å²) < 4.78 is 0. The third kappa shape index (κ3) is 9.62. The van der Waals surface area contributed by atoms with Gasteiger partial charge in [0.15, 0.2) is 0 Å². The Morgan fingerprint density at radius 3 is 2.55 bits per heavy atom. The Morgan fingerprint density at radius 1 is 1.18 bits per heavy atom. The van der Waals surface area contributed by atoms with Crippen molar-refractivity contribution in [2.75, 3.05) is 32.7 Å². The standard InChI is InChI=1S/C8H19N3/c1-2-5-10-6-3-7-11-8-4-9/h2,10-11H,1,3-9H2. The zero-order valence-electron chi connectivity index (χ0n) is 7.10. The van der Waals surface area contributed by atoms with Crippen LogP contribution in [0.25, 0.3) is 0 Å². The van der Waals surface area contributed by atoms with Gasteiger partial charge < -0.3 is 16.4 Å². The van der Waals surface area contributed by atoms with Gasteiger partial charge in [-0.25, -0.2) is 0 Å². The monoisotopic (exact) mass is 157 g/mol. The van der Waals surface area contributed by atoms with Gasteiger partial charge >= 0.3 is 0 Å². The predicted octanol–water partition coefficient (Wildman–Crippen LogP) is -0.300. The van der Waals surface area contributed by atoms with Crippen LogP contribution in [0.2, 0.25) is 0 Å². The van der Waals surface area contributed by atoms with Gasteiger partial charge in [0.1, 0.15) is 0 Å². The van der Waals surface area contributed by atoms with Crippen LogP contribution < -0.4 is 16.4 Å². The SMILES string of the molecule is C=CCNCCCNCCN. The van der Waals surface area contributed by atoms with Crippen molar-refractivity contribution in [2.45, 2.75) is 6.42 Å². The lowest BCUT2D eigenvalue weighted by Crippen LogP contribution is -2.26. The second-order valence-electron chi connectivity index (χ2n) is 2.39. The number of hydrogen-bond donors (Lipinski definition) is 3. The Hall–Kier alpha value is -0.380. The van der Waals surface area contributed by atoms with Gasteiger partial charge in [0.25, 0.3) is 0 Å². The summed E-state index contributed by atoms with van der Waals surface area (Å²) in [6.45, 7) is 8.24. The van der Waals surface area contributed by atoms with E-state index in [9.17, 15) is 0 Å². The van der Waals surface area contributed by atoms with E-state index < -0.39 is 0 Å². The number of hydrogen-bond acceptors (Lipinski definition) is 3. The molecule has 0 aliphatic carbocycles. The number of rotatable bonds is 8. The van der Waals surface area contributed by atoms with E-state index in [0.717, 1.165) is 39.1 Å². The van der Waals surface area contributed by atoms with Crippen LogP contribution in [-0.2, 0) is 0 Å². The van der Waals surface area contributed by atoms with E-state index in [1.807, 2.05) is 6.08 Å². The Morgan fingerprint density at radius 2 is 1.91 bits per heavy atom. The van der Waals surface area contributed by atoms with E-state index in [2.05, 4.69) is 17.2 Å². The molecule has 0 aliphatic rings.